The van der Waals surface area contributed by atoms with Gasteiger partial charge < -0.3 is 24.3 Å². The van der Waals surface area contributed by atoms with Crippen LogP contribution in [0.5, 0.6) is 0 Å². The predicted octanol–water partition coefficient (Wildman–Crippen LogP) is 0.706. The Hall–Kier alpha value is -2.35. The molecule has 0 aliphatic carbocycles. The van der Waals surface area contributed by atoms with Crippen molar-refractivity contribution in [3.8, 4) is 0 Å². The summed E-state index contributed by atoms with van der Waals surface area (Å²) in [4.78, 5) is 34.8. The number of carbonyl (C=O) groups is 3. The zero-order valence-electron chi connectivity index (χ0n) is 12.9. The molecule has 8 nitrogen and oxygen atoms in total. The van der Waals surface area contributed by atoms with Gasteiger partial charge in [-0.3, -0.25) is 4.79 Å². The fraction of sp³-hybridized carbons (Fsp3) is 0.533. The fourth-order valence-electron chi connectivity index (χ4n) is 2.06. The quantitative estimate of drug-likeness (QED) is 0.533. The molecule has 0 radical (unpaired) electrons. The molecular weight excluding hydrogens is 306 g/mol. The van der Waals surface area contributed by atoms with Gasteiger partial charge in [-0.15, -0.1) is 0 Å². The van der Waals surface area contributed by atoms with E-state index in [0.29, 0.717) is 12.2 Å². The zero-order chi connectivity index (χ0) is 17.0. The molecule has 0 saturated carbocycles. The van der Waals surface area contributed by atoms with Crippen molar-refractivity contribution in [2.24, 2.45) is 5.92 Å². The Morgan fingerprint density at radius 1 is 1.35 bits per heavy atom. The molecule has 2 heterocycles. The van der Waals surface area contributed by atoms with Gasteiger partial charge in [0.25, 0.3) is 5.91 Å². The van der Waals surface area contributed by atoms with Gasteiger partial charge in [0, 0.05) is 0 Å². The Labute approximate surface area is 132 Å². The third-order valence-corrected chi connectivity index (χ3v) is 3.24. The highest BCUT2D eigenvalue weighted by molar-refractivity contribution is 5.94. The molecule has 1 aliphatic heterocycles. The van der Waals surface area contributed by atoms with Crippen molar-refractivity contribution in [1.82, 2.24) is 5.32 Å². The van der Waals surface area contributed by atoms with Crippen LogP contribution in [0, 0.1) is 5.92 Å². The summed E-state index contributed by atoms with van der Waals surface area (Å²) in [5.41, 5.74) is 0. The van der Waals surface area contributed by atoms with Crippen molar-refractivity contribution in [1.29, 1.82) is 0 Å². The highest BCUT2D eigenvalue weighted by atomic mass is 16.6. The first-order valence-electron chi connectivity index (χ1n) is 7.26. The standard InChI is InChI=1S/C15H19NO7/c1-8(2)6-10(14(18)19)16-13(17)11-12(23-11)15(20)22-7-9-4-3-5-21-9/h3-5,8,10-12H,6-7H2,1-2H3,(H,16,17)(H,18,19)/t10-,11?,12?/m0/s1. The summed E-state index contributed by atoms with van der Waals surface area (Å²) in [5.74, 6) is -1.85. The number of esters is 1. The van der Waals surface area contributed by atoms with E-state index in [2.05, 4.69) is 5.32 Å². The Morgan fingerprint density at radius 2 is 2.09 bits per heavy atom. The van der Waals surface area contributed by atoms with Gasteiger partial charge in [0.05, 0.1) is 6.26 Å². The predicted molar refractivity (Wildman–Crippen MR) is 76.2 cm³/mol. The number of hydrogen-bond donors (Lipinski definition) is 2. The third-order valence-electron chi connectivity index (χ3n) is 3.24. The van der Waals surface area contributed by atoms with E-state index in [4.69, 9.17) is 19.0 Å². The number of ether oxygens (including phenoxy) is 2. The fourth-order valence-corrected chi connectivity index (χ4v) is 2.06. The van der Waals surface area contributed by atoms with Crippen molar-refractivity contribution in [3.05, 3.63) is 24.2 Å². The second-order valence-corrected chi connectivity index (χ2v) is 5.69. The maximum Gasteiger partial charge on any atom is 0.339 e. The number of epoxide rings is 1. The lowest BCUT2D eigenvalue weighted by molar-refractivity contribution is -0.147. The van der Waals surface area contributed by atoms with Crippen molar-refractivity contribution in [3.63, 3.8) is 0 Å². The number of carboxylic acid groups (broad SMARTS) is 1. The number of rotatable bonds is 8. The Kier molecular flexibility index (Phi) is 5.38. The minimum atomic E-state index is -1.12. The topological polar surface area (TPSA) is 118 Å². The molecule has 2 unspecified atom stereocenters. The molecule has 1 aliphatic rings. The summed E-state index contributed by atoms with van der Waals surface area (Å²) in [6.07, 6.45) is -0.263. The highest BCUT2D eigenvalue weighted by Crippen LogP contribution is 2.24. The van der Waals surface area contributed by atoms with E-state index in [-0.39, 0.29) is 12.5 Å². The third kappa shape index (κ3) is 4.82. The van der Waals surface area contributed by atoms with E-state index in [1.807, 2.05) is 13.8 Å². The largest absolute Gasteiger partial charge is 0.480 e. The molecule has 0 aromatic carbocycles. The molecule has 1 saturated heterocycles. The SMILES string of the molecule is CC(C)C[C@H](NC(=O)C1OC1C(=O)OCc1ccco1)C(=O)O. The monoisotopic (exact) mass is 325 g/mol. The highest BCUT2D eigenvalue weighted by Gasteiger charge is 2.52. The van der Waals surface area contributed by atoms with Gasteiger partial charge in [-0.2, -0.15) is 0 Å². The van der Waals surface area contributed by atoms with Crippen LogP contribution in [0.1, 0.15) is 26.0 Å². The maximum absolute atomic E-state index is 11.9. The van der Waals surface area contributed by atoms with E-state index in [0.717, 1.165) is 0 Å². The molecule has 23 heavy (non-hydrogen) atoms. The molecule has 1 fully saturated rings. The Balaban J connectivity index is 1.78. The van der Waals surface area contributed by atoms with E-state index < -0.39 is 36.1 Å². The van der Waals surface area contributed by atoms with Crippen LogP contribution in [0.15, 0.2) is 22.8 Å². The van der Waals surface area contributed by atoms with Crippen molar-refractivity contribution < 1.29 is 33.4 Å². The summed E-state index contributed by atoms with van der Waals surface area (Å²) in [5, 5.41) is 11.5. The number of carbonyl (C=O) groups excluding carboxylic acids is 2. The Morgan fingerprint density at radius 3 is 2.65 bits per heavy atom. The first kappa shape index (κ1) is 17.0. The number of carboxylic acids is 1. The van der Waals surface area contributed by atoms with Gasteiger partial charge in [-0.25, -0.2) is 9.59 Å². The van der Waals surface area contributed by atoms with Gasteiger partial charge in [0.1, 0.15) is 18.4 Å². The van der Waals surface area contributed by atoms with Crippen LogP contribution in [0.3, 0.4) is 0 Å². The van der Waals surface area contributed by atoms with E-state index in [1.165, 1.54) is 6.26 Å². The lowest BCUT2D eigenvalue weighted by atomic mass is 10.0. The van der Waals surface area contributed by atoms with Crippen molar-refractivity contribution >= 4 is 17.8 Å². The van der Waals surface area contributed by atoms with Gasteiger partial charge in [0.15, 0.2) is 12.2 Å². The zero-order valence-corrected chi connectivity index (χ0v) is 12.9. The molecule has 8 heteroatoms. The van der Waals surface area contributed by atoms with E-state index >= 15 is 0 Å². The van der Waals surface area contributed by atoms with E-state index in [9.17, 15) is 14.4 Å². The van der Waals surface area contributed by atoms with Crippen LogP contribution in [-0.2, 0) is 30.5 Å². The second kappa shape index (κ2) is 7.28. The summed E-state index contributed by atoms with van der Waals surface area (Å²) in [6, 6.07) is 2.30. The molecule has 126 valence electrons. The molecule has 1 aromatic rings. The minimum Gasteiger partial charge on any atom is -0.480 e. The summed E-state index contributed by atoms with van der Waals surface area (Å²) in [6.45, 7) is 3.65. The molecule has 0 spiro atoms. The summed E-state index contributed by atoms with van der Waals surface area (Å²) < 4.78 is 15.0. The van der Waals surface area contributed by atoms with Gasteiger partial charge in [0.2, 0.25) is 0 Å². The van der Waals surface area contributed by atoms with Crippen LogP contribution >= 0.6 is 0 Å². The summed E-state index contributed by atoms with van der Waals surface area (Å²) >= 11 is 0. The molecule has 1 amide bonds. The second-order valence-electron chi connectivity index (χ2n) is 5.69. The number of amides is 1. The summed E-state index contributed by atoms with van der Waals surface area (Å²) in [7, 11) is 0. The normalized spacial score (nSPS) is 20.8. The molecular formula is C15H19NO7. The van der Waals surface area contributed by atoms with Gasteiger partial charge in [-0.1, -0.05) is 13.8 Å². The molecule has 2 rings (SSSR count). The van der Waals surface area contributed by atoms with E-state index in [1.54, 1.807) is 12.1 Å². The average Bonchev–Trinajstić information content (AvgIpc) is 3.12. The van der Waals surface area contributed by atoms with Crippen LogP contribution in [0.25, 0.3) is 0 Å². The van der Waals surface area contributed by atoms with Crippen LogP contribution in [0.4, 0.5) is 0 Å². The molecule has 2 N–H and O–H groups in total. The first-order chi connectivity index (χ1) is 10.9. The van der Waals surface area contributed by atoms with Crippen molar-refractivity contribution in [2.75, 3.05) is 0 Å². The number of nitrogens with one attached hydrogen (secondary N) is 1. The van der Waals surface area contributed by atoms with Gasteiger partial charge in [-0.05, 0) is 24.5 Å². The minimum absolute atomic E-state index is 0.0505. The smallest absolute Gasteiger partial charge is 0.339 e. The van der Waals surface area contributed by atoms with Gasteiger partial charge >= 0.3 is 11.9 Å². The molecule has 0 bridgehead atoms. The van der Waals surface area contributed by atoms with Crippen molar-refractivity contribution in [2.45, 2.75) is 45.1 Å². The number of hydrogen-bond acceptors (Lipinski definition) is 6. The van der Waals surface area contributed by atoms with Crippen LogP contribution < -0.4 is 5.32 Å². The first-order valence-corrected chi connectivity index (χ1v) is 7.26. The average molecular weight is 325 g/mol. The molecule has 3 atom stereocenters. The maximum atomic E-state index is 11.9. The van der Waals surface area contributed by atoms with Crippen LogP contribution in [-0.4, -0.2) is 41.2 Å². The number of furan rings is 1. The molecule has 1 aromatic heterocycles. The lowest BCUT2D eigenvalue weighted by Gasteiger charge is -2.15. The lowest BCUT2D eigenvalue weighted by Crippen LogP contribution is -2.44. The van der Waals surface area contributed by atoms with Crippen LogP contribution in [0.2, 0.25) is 0 Å². The number of aliphatic carboxylic acids is 1. The Bertz CT molecular complexity index is 566.